The van der Waals surface area contributed by atoms with Crippen molar-refractivity contribution >= 4 is 5.97 Å². The molecule has 1 saturated carbocycles. The van der Waals surface area contributed by atoms with Gasteiger partial charge in [0.1, 0.15) is 12.2 Å². The van der Waals surface area contributed by atoms with Crippen LogP contribution in [0.1, 0.15) is 32.6 Å². The molecule has 0 N–H and O–H groups in total. The maximum Gasteiger partial charge on any atom is 0.302 e. The number of carbonyl (C=O) groups excluding carboxylic acids is 1. The summed E-state index contributed by atoms with van der Waals surface area (Å²) in [4.78, 5) is 25.3. The van der Waals surface area contributed by atoms with Gasteiger partial charge in [0.25, 0.3) is 5.09 Å². The molecule has 0 radical (unpaired) electrons. The van der Waals surface area contributed by atoms with E-state index in [1.165, 1.54) is 6.92 Å². The predicted molar refractivity (Wildman–Crippen MR) is 45.9 cm³/mol. The van der Waals surface area contributed by atoms with Crippen LogP contribution in [0.4, 0.5) is 0 Å². The summed E-state index contributed by atoms with van der Waals surface area (Å²) in [7, 11) is 0. The molecule has 1 aliphatic rings. The standard InChI is InChI=1S/C8H13NO5/c1-6(10)13-7-4-2-3-5-8(7)14-9(11)12/h7-8H,2-5H2,1H3/t7-,8-/m0/s1. The van der Waals surface area contributed by atoms with Crippen LogP contribution < -0.4 is 0 Å². The Kier molecular flexibility index (Phi) is 3.67. The Hall–Kier alpha value is -1.33. The Labute approximate surface area is 81.3 Å². The molecule has 14 heavy (non-hydrogen) atoms. The van der Waals surface area contributed by atoms with Crippen LogP contribution in [0.15, 0.2) is 0 Å². The van der Waals surface area contributed by atoms with Gasteiger partial charge in [-0.3, -0.25) is 4.79 Å². The van der Waals surface area contributed by atoms with Crippen LogP contribution in [0, 0.1) is 10.1 Å². The highest BCUT2D eigenvalue weighted by Gasteiger charge is 2.30. The summed E-state index contributed by atoms with van der Waals surface area (Å²) in [6.07, 6.45) is 1.93. The van der Waals surface area contributed by atoms with E-state index >= 15 is 0 Å². The fourth-order valence-electron chi connectivity index (χ4n) is 1.64. The summed E-state index contributed by atoms with van der Waals surface area (Å²) in [6.45, 7) is 1.29. The van der Waals surface area contributed by atoms with Crippen LogP contribution in [0.5, 0.6) is 0 Å². The van der Waals surface area contributed by atoms with Gasteiger partial charge in [0.2, 0.25) is 0 Å². The number of ether oxygens (including phenoxy) is 1. The molecule has 0 amide bonds. The fraction of sp³-hybridized carbons (Fsp3) is 0.875. The zero-order chi connectivity index (χ0) is 10.6. The van der Waals surface area contributed by atoms with Crippen LogP contribution in [0.3, 0.4) is 0 Å². The van der Waals surface area contributed by atoms with E-state index < -0.39 is 23.3 Å². The summed E-state index contributed by atoms with van der Waals surface area (Å²) < 4.78 is 4.94. The minimum absolute atomic E-state index is 0.422. The Bertz CT molecular complexity index is 206. The molecule has 0 aromatic carbocycles. The van der Waals surface area contributed by atoms with Gasteiger partial charge >= 0.3 is 5.97 Å². The number of carbonyl (C=O) groups is 1. The molecular weight excluding hydrogens is 190 g/mol. The van der Waals surface area contributed by atoms with E-state index in [1.807, 2.05) is 0 Å². The van der Waals surface area contributed by atoms with Crippen molar-refractivity contribution in [3.63, 3.8) is 0 Å². The Balaban J connectivity index is 2.49. The molecule has 0 aromatic rings. The summed E-state index contributed by atoms with van der Waals surface area (Å²) >= 11 is 0. The Morgan fingerprint density at radius 3 is 2.43 bits per heavy atom. The van der Waals surface area contributed by atoms with Crippen LogP contribution in [-0.2, 0) is 14.4 Å². The van der Waals surface area contributed by atoms with Crippen LogP contribution in [-0.4, -0.2) is 23.3 Å². The quantitative estimate of drug-likeness (QED) is 0.389. The second kappa shape index (κ2) is 4.78. The van der Waals surface area contributed by atoms with Gasteiger partial charge in [-0.1, -0.05) is 6.42 Å². The van der Waals surface area contributed by atoms with Crippen LogP contribution in [0.25, 0.3) is 0 Å². The van der Waals surface area contributed by atoms with Gasteiger partial charge in [0.15, 0.2) is 0 Å². The highest BCUT2D eigenvalue weighted by atomic mass is 17.0. The second-order valence-electron chi connectivity index (χ2n) is 3.30. The van der Waals surface area contributed by atoms with Crippen molar-refractivity contribution in [3.05, 3.63) is 10.1 Å². The fourth-order valence-corrected chi connectivity index (χ4v) is 1.64. The summed E-state index contributed by atoms with van der Waals surface area (Å²) in [6, 6.07) is 0. The van der Waals surface area contributed by atoms with Gasteiger partial charge < -0.3 is 9.57 Å². The minimum atomic E-state index is -0.827. The van der Waals surface area contributed by atoms with E-state index in [2.05, 4.69) is 4.84 Å². The molecule has 80 valence electrons. The Morgan fingerprint density at radius 2 is 1.93 bits per heavy atom. The maximum absolute atomic E-state index is 10.7. The number of esters is 1. The van der Waals surface area contributed by atoms with E-state index in [0.717, 1.165) is 12.8 Å². The molecule has 6 nitrogen and oxygen atoms in total. The third kappa shape index (κ3) is 3.20. The first-order valence-electron chi connectivity index (χ1n) is 4.58. The van der Waals surface area contributed by atoms with Gasteiger partial charge in [-0.2, -0.15) is 0 Å². The van der Waals surface area contributed by atoms with Crippen molar-refractivity contribution in [2.24, 2.45) is 0 Å². The highest BCUT2D eigenvalue weighted by Crippen LogP contribution is 2.23. The molecule has 1 rings (SSSR count). The lowest BCUT2D eigenvalue weighted by molar-refractivity contribution is -0.771. The van der Waals surface area contributed by atoms with E-state index in [1.54, 1.807) is 0 Å². The average molecular weight is 203 g/mol. The molecule has 0 spiro atoms. The molecule has 0 aliphatic heterocycles. The molecular formula is C8H13NO5. The van der Waals surface area contributed by atoms with Crippen molar-refractivity contribution in [3.8, 4) is 0 Å². The van der Waals surface area contributed by atoms with Crippen molar-refractivity contribution in [2.45, 2.75) is 44.8 Å². The monoisotopic (exact) mass is 203 g/mol. The summed E-state index contributed by atoms with van der Waals surface area (Å²) in [5, 5.41) is 9.31. The first-order valence-corrected chi connectivity index (χ1v) is 4.58. The van der Waals surface area contributed by atoms with Crippen molar-refractivity contribution < 1.29 is 19.5 Å². The molecule has 6 heteroatoms. The molecule has 1 fully saturated rings. The maximum atomic E-state index is 10.7. The molecule has 2 atom stereocenters. The SMILES string of the molecule is CC(=O)O[C@H]1CCCC[C@@H]1O[N+](=O)[O-]. The van der Waals surface area contributed by atoms with Gasteiger partial charge in [0.05, 0.1) is 0 Å². The largest absolute Gasteiger partial charge is 0.460 e. The lowest BCUT2D eigenvalue weighted by Gasteiger charge is -2.28. The zero-order valence-corrected chi connectivity index (χ0v) is 7.97. The van der Waals surface area contributed by atoms with Gasteiger partial charge in [-0.15, -0.1) is 10.1 Å². The highest BCUT2D eigenvalue weighted by molar-refractivity contribution is 5.66. The third-order valence-corrected chi connectivity index (χ3v) is 2.18. The van der Waals surface area contributed by atoms with Gasteiger partial charge in [0, 0.05) is 6.92 Å². The molecule has 1 aliphatic carbocycles. The lowest BCUT2D eigenvalue weighted by atomic mass is 9.95. The van der Waals surface area contributed by atoms with Crippen molar-refractivity contribution in [2.75, 3.05) is 0 Å². The summed E-state index contributed by atoms with van der Waals surface area (Å²) in [5.74, 6) is -0.422. The van der Waals surface area contributed by atoms with Crippen molar-refractivity contribution in [1.82, 2.24) is 0 Å². The number of hydrogen-bond donors (Lipinski definition) is 0. The van der Waals surface area contributed by atoms with E-state index in [9.17, 15) is 14.9 Å². The van der Waals surface area contributed by atoms with E-state index in [0.29, 0.717) is 12.8 Å². The number of hydrogen-bond acceptors (Lipinski definition) is 5. The average Bonchev–Trinajstić information content (AvgIpc) is 2.06. The minimum Gasteiger partial charge on any atom is -0.460 e. The molecule has 0 heterocycles. The van der Waals surface area contributed by atoms with E-state index in [4.69, 9.17) is 4.74 Å². The number of nitrogens with zero attached hydrogens (tertiary/aromatic N) is 1. The topological polar surface area (TPSA) is 78.7 Å². The predicted octanol–water partition coefficient (Wildman–Crippen LogP) is 1.07. The first-order chi connectivity index (χ1) is 6.59. The normalized spacial score (nSPS) is 26.6. The van der Waals surface area contributed by atoms with E-state index in [-0.39, 0.29) is 0 Å². The van der Waals surface area contributed by atoms with Crippen molar-refractivity contribution in [1.29, 1.82) is 0 Å². The molecule has 0 unspecified atom stereocenters. The first kappa shape index (κ1) is 10.7. The van der Waals surface area contributed by atoms with Gasteiger partial charge in [-0.25, -0.2) is 0 Å². The lowest BCUT2D eigenvalue weighted by Crippen LogP contribution is -2.37. The Morgan fingerprint density at radius 1 is 1.36 bits per heavy atom. The molecule has 0 saturated heterocycles. The van der Waals surface area contributed by atoms with Gasteiger partial charge in [-0.05, 0) is 19.3 Å². The summed E-state index contributed by atoms with van der Waals surface area (Å²) in [5.41, 5.74) is 0. The zero-order valence-electron chi connectivity index (χ0n) is 7.97. The third-order valence-electron chi connectivity index (χ3n) is 2.18. The smallest absolute Gasteiger partial charge is 0.302 e. The number of rotatable bonds is 3. The van der Waals surface area contributed by atoms with Crippen LogP contribution in [0.2, 0.25) is 0 Å². The molecule has 0 aromatic heterocycles. The second-order valence-corrected chi connectivity index (χ2v) is 3.30. The van der Waals surface area contributed by atoms with Crippen LogP contribution >= 0.6 is 0 Å². The molecule has 0 bridgehead atoms.